The summed E-state index contributed by atoms with van der Waals surface area (Å²) in [7, 11) is 0. The maximum absolute atomic E-state index is 11.9. The van der Waals surface area contributed by atoms with E-state index in [9.17, 15) is 9.59 Å². The molecule has 1 aliphatic heterocycles. The number of benzene rings is 1. The van der Waals surface area contributed by atoms with Crippen LogP contribution < -0.4 is 4.90 Å². The molecule has 1 aromatic rings. The van der Waals surface area contributed by atoms with Gasteiger partial charge in [-0.25, -0.2) is 4.79 Å². The fourth-order valence-corrected chi connectivity index (χ4v) is 2.43. The second-order valence-electron chi connectivity index (χ2n) is 3.90. The van der Waals surface area contributed by atoms with Gasteiger partial charge in [-0.3, -0.25) is 9.69 Å². The van der Waals surface area contributed by atoms with E-state index in [1.807, 2.05) is 0 Å². The number of hydrogen-bond donors (Lipinski definition) is 1. The lowest BCUT2D eigenvalue weighted by Crippen LogP contribution is -2.23. The van der Waals surface area contributed by atoms with Gasteiger partial charge >= 0.3 is 5.97 Å². The van der Waals surface area contributed by atoms with Gasteiger partial charge in [0.1, 0.15) is 0 Å². The van der Waals surface area contributed by atoms with Crippen LogP contribution >= 0.6 is 23.2 Å². The molecule has 1 heterocycles. The minimum Gasteiger partial charge on any atom is -0.478 e. The number of aliphatic carboxylic acids is 1. The fraction of sp³-hybridized carbons (Fsp3) is 0.167. The van der Waals surface area contributed by atoms with Crippen LogP contribution in [0.4, 0.5) is 5.69 Å². The molecule has 0 aromatic heterocycles. The normalized spacial score (nSPS) is 15.5. The first-order valence-corrected chi connectivity index (χ1v) is 5.88. The number of nitrogens with zero attached hydrogens (tertiary/aromatic N) is 1. The maximum Gasteiger partial charge on any atom is 0.333 e. The molecule has 0 saturated heterocycles. The van der Waals surface area contributed by atoms with Crippen LogP contribution in [0.5, 0.6) is 0 Å². The molecular formula is C12H9Cl2NO3. The molecule has 0 radical (unpaired) electrons. The number of allylic oxidation sites excluding steroid dienone is 1. The summed E-state index contributed by atoms with van der Waals surface area (Å²) in [4.78, 5) is 24.2. The summed E-state index contributed by atoms with van der Waals surface area (Å²) < 4.78 is 0. The second-order valence-corrected chi connectivity index (χ2v) is 4.78. The van der Waals surface area contributed by atoms with Crippen LogP contribution in [0, 0.1) is 0 Å². The SMILES string of the molecule is CC1=C(C(=O)O)CC(=O)N1c1cc(Cl)cc(Cl)c1. The number of carbonyl (C=O) groups is 2. The van der Waals surface area contributed by atoms with Crippen molar-refractivity contribution < 1.29 is 14.7 Å². The summed E-state index contributed by atoms with van der Waals surface area (Å²) in [5.74, 6) is -1.39. The lowest BCUT2D eigenvalue weighted by molar-refractivity contribution is -0.133. The van der Waals surface area contributed by atoms with Gasteiger partial charge in [-0.05, 0) is 25.1 Å². The van der Waals surface area contributed by atoms with Gasteiger partial charge in [0.25, 0.3) is 0 Å². The standard InChI is InChI=1S/C12H9Cl2NO3/c1-6-10(12(17)18)5-11(16)15(6)9-3-7(13)2-8(14)4-9/h2-4H,5H2,1H3,(H,17,18). The Balaban J connectivity index is 2.50. The monoisotopic (exact) mass is 285 g/mol. The Hall–Kier alpha value is -1.52. The average Bonchev–Trinajstić information content (AvgIpc) is 2.52. The van der Waals surface area contributed by atoms with Crippen molar-refractivity contribution >= 4 is 40.8 Å². The molecule has 0 fully saturated rings. The van der Waals surface area contributed by atoms with E-state index in [4.69, 9.17) is 28.3 Å². The zero-order chi connectivity index (χ0) is 13.4. The van der Waals surface area contributed by atoms with Crippen molar-refractivity contribution in [2.45, 2.75) is 13.3 Å². The quantitative estimate of drug-likeness (QED) is 0.908. The highest BCUT2D eigenvalue weighted by atomic mass is 35.5. The van der Waals surface area contributed by atoms with Crippen LogP contribution in [0.1, 0.15) is 13.3 Å². The smallest absolute Gasteiger partial charge is 0.333 e. The Morgan fingerprint density at radius 3 is 2.28 bits per heavy atom. The molecule has 1 N–H and O–H groups in total. The number of carbonyl (C=O) groups excluding carboxylic acids is 1. The number of anilines is 1. The molecule has 0 aliphatic carbocycles. The lowest BCUT2D eigenvalue weighted by Gasteiger charge is -2.18. The van der Waals surface area contributed by atoms with Crippen LogP contribution in [0.2, 0.25) is 10.0 Å². The third kappa shape index (κ3) is 2.21. The summed E-state index contributed by atoms with van der Waals surface area (Å²) in [6, 6.07) is 4.68. The highest BCUT2D eigenvalue weighted by Crippen LogP contribution is 2.33. The summed E-state index contributed by atoms with van der Waals surface area (Å²) in [6.07, 6.45) is -0.120. The van der Waals surface area contributed by atoms with E-state index in [0.717, 1.165) is 0 Å². The summed E-state index contributed by atoms with van der Waals surface area (Å²) >= 11 is 11.7. The van der Waals surface area contributed by atoms with Crippen LogP contribution in [0.15, 0.2) is 29.5 Å². The number of amides is 1. The van der Waals surface area contributed by atoms with E-state index in [1.54, 1.807) is 25.1 Å². The number of rotatable bonds is 2. The molecule has 6 heteroatoms. The van der Waals surface area contributed by atoms with Gasteiger partial charge < -0.3 is 5.11 Å². The van der Waals surface area contributed by atoms with Gasteiger partial charge in [0.05, 0.1) is 17.7 Å². The minimum absolute atomic E-state index is 0.0936. The molecule has 0 atom stereocenters. The Morgan fingerprint density at radius 1 is 1.28 bits per heavy atom. The number of carboxylic acids is 1. The van der Waals surface area contributed by atoms with Crippen molar-refractivity contribution in [2.24, 2.45) is 0 Å². The van der Waals surface area contributed by atoms with Gasteiger partial charge in [-0.2, -0.15) is 0 Å². The summed E-state index contributed by atoms with van der Waals surface area (Å²) in [5, 5.41) is 9.77. The highest BCUT2D eigenvalue weighted by molar-refractivity contribution is 6.35. The van der Waals surface area contributed by atoms with Crippen molar-refractivity contribution in [3.63, 3.8) is 0 Å². The van der Waals surface area contributed by atoms with Crippen molar-refractivity contribution in [1.29, 1.82) is 0 Å². The van der Waals surface area contributed by atoms with E-state index in [1.165, 1.54) is 4.90 Å². The molecule has 1 aliphatic rings. The van der Waals surface area contributed by atoms with Crippen LogP contribution in [0.3, 0.4) is 0 Å². The van der Waals surface area contributed by atoms with Gasteiger partial charge in [0, 0.05) is 15.7 Å². The fourth-order valence-electron chi connectivity index (χ4n) is 1.92. The molecule has 0 bridgehead atoms. The molecule has 1 amide bonds. The zero-order valence-electron chi connectivity index (χ0n) is 9.41. The van der Waals surface area contributed by atoms with Crippen LogP contribution in [-0.2, 0) is 9.59 Å². The third-order valence-corrected chi connectivity index (χ3v) is 3.15. The molecule has 0 spiro atoms. The van der Waals surface area contributed by atoms with Crippen molar-refractivity contribution in [2.75, 3.05) is 4.90 Å². The third-order valence-electron chi connectivity index (χ3n) is 2.71. The largest absolute Gasteiger partial charge is 0.478 e. The van der Waals surface area contributed by atoms with Crippen molar-refractivity contribution in [1.82, 2.24) is 0 Å². The predicted molar refractivity (Wildman–Crippen MR) is 68.9 cm³/mol. The molecule has 0 unspecified atom stereocenters. The highest BCUT2D eigenvalue weighted by Gasteiger charge is 2.32. The Morgan fingerprint density at radius 2 is 1.83 bits per heavy atom. The zero-order valence-corrected chi connectivity index (χ0v) is 10.9. The second kappa shape index (κ2) is 4.63. The maximum atomic E-state index is 11.9. The van der Waals surface area contributed by atoms with Gasteiger partial charge in [-0.1, -0.05) is 23.2 Å². The van der Waals surface area contributed by atoms with E-state index in [2.05, 4.69) is 0 Å². The van der Waals surface area contributed by atoms with E-state index < -0.39 is 5.97 Å². The number of carboxylic acid groups (broad SMARTS) is 1. The van der Waals surface area contributed by atoms with E-state index >= 15 is 0 Å². The van der Waals surface area contributed by atoms with Crippen molar-refractivity contribution in [3.8, 4) is 0 Å². The first-order valence-electron chi connectivity index (χ1n) is 5.12. The Kier molecular flexibility index (Phi) is 3.32. The van der Waals surface area contributed by atoms with E-state index in [-0.39, 0.29) is 17.9 Å². The average molecular weight is 286 g/mol. The lowest BCUT2D eigenvalue weighted by atomic mass is 10.2. The van der Waals surface area contributed by atoms with Gasteiger partial charge in [-0.15, -0.1) is 0 Å². The van der Waals surface area contributed by atoms with Crippen LogP contribution in [-0.4, -0.2) is 17.0 Å². The first-order chi connectivity index (χ1) is 8.40. The van der Waals surface area contributed by atoms with Gasteiger partial charge in [0.15, 0.2) is 0 Å². The molecule has 2 rings (SSSR count). The Labute approximate surface area is 113 Å². The molecule has 4 nitrogen and oxygen atoms in total. The number of hydrogen-bond acceptors (Lipinski definition) is 2. The first kappa shape index (κ1) is 12.9. The molecule has 0 saturated carbocycles. The predicted octanol–water partition coefficient (Wildman–Crippen LogP) is 3.09. The summed E-state index contributed by atoms with van der Waals surface area (Å²) in [5.41, 5.74) is 0.966. The molecule has 1 aromatic carbocycles. The molecule has 18 heavy (non-hydrogen) atoms. The van der Waals surface area contributed by atoms with Crippen molar-refractivity contribution in [3.05, 3.63) is 39.5 Å². The van der Waals surface area contributed by atoms with Crippen LogP contribution in [0.25, 0.3) is 0 Å². The molecular weight excluding hydrogens is 277 g/mol. The van der Waals surface area contributed by atoms with E-state index in [0.29, 0.717) is 21.4 Å². The van der Waals surface area contributed by atoms with Gasteiger partial charge in [0.2, 0.25) is 5.91 Å². The number of halogens is 2. The Bertz CT molecular complexity index is 560. The minimum atomic E-state index is -1.09. The molecule has 94 valence electrons. The summed E-state index contributed by atoms with van der Waals surface area (Å²) in [6.45, 7) is 1.59. The topological polar surface area (TPSA) is 57.6 Å².